The van der Waals surface area contributed by atoms with Crippen molar-refractivity contribution in [1.29, 1.82) is 5.41 Å². The van der Waals surface area contributed by atoms with Gasteiger partial charge in [0.2, 0.25) is 11.8 Å². The quantitative estimate of drug-likeness (QED) is 0.112. The Hall–Kier alpha value is -2.92. The van der Waals surface area contributed by atoms with Gasteiger partial charge in [-0.15, -0.1) is 0 Å². The summed E-state index contributed by atoms with van der Waals surface area (Å²) in [5, 5.41) is 19.6. The SMILES string of the molecule is CO.N=C(N)c1ccc(CNC(=O)CNC(=O)CNSCc2ccc(CN)cc2)cc1. The van der Waals surface area contributed by atoms with E-state index in [0.717, 1.165) is 29.6 Å². The van der Waals surface area contributed by atoms with E-state index >= 15 is 0 Å². The second kappa shape index (κ2) is 15.0. The van der Waals surface area contributed by atoms with Crippen LogP contribution in [0.25, 0.3) is 0 Å². The van der Waals surface area contributed by atoms with Crippen LogP contribution < -0.4 is 26.8 Å². The lowest BCUT2D eigenvalue weighted by atomic mass is 10.1. The lowest BCUT2D eigenvalue weighted by Gasteiger charge is -2.08. The first-order valence-corrected chi connectivity index (χ1v) is 10.5. The number of nitrogens with one attached hydrogen (secondary N) is 4. The largest absolute Gasteiger partial charge is 0.400 e. The molecule has 2 amide bonds. The summed E-state index contributed by atoms with van der Waals surface area (Å²) in [6.07, 6.45) is 0. The van der Waals surface area contributed by atoms with Crippen LogP contribution in [0.4, 0.5) is 0 Å². The van der Waals surface area contributed by atoms with E-state index in [1.807, 2.05) is 24.3 Å². The number of amides is 2. The fourth-order valence-electron chi connectivity index (χ4n) is 2.33. The molecule has 0 atom stereocenters. The second-order valence-electron chi connectivity index (χ2n) is 6.29. The van der Waals surface area contributed by atoms with E-state index in [1.165, 1.54) is 11.9 Å². The molecule has 9 N–H and O–H groups in total. The molecule has 0 fully saturated rings. The third-order valence-corrected chi connectivity index (χ3v) is 4.86. The molecule has 0 aliphatic heterocycles. The number of rotatable bonds is 11. The molecule has 0 saturated carbocycles. The van der Waals surface area contributed by atoms with Gasteiger partial charge in [0.1, 0.15) is 5.84 Å². The molecule has 9 nitrogen and oxygen atoms in total. The molecule has 31 heavy (non-hydrogen) atoms. The van der Waals surface area contributed by atoms with E-state index in [-0.39, 0.29) is 30.7 Å². The molecule has 0 aromatic heterocycles. The van der Waals surface area contributed by atoms with E-state index < -0.39 is 0 Å². The summed E-state index contributed by atoms with van der Waals surface area (Å²) >= 11 is 1.43. The molecule has 10 heteroatoms. The lowest BCUT2D eigenvalue weighted by molar-refractivity contribution is -0.125. The molecular formula is C21H30N6O3S. The fourth-order valence-corrected chi connectivity index (χ4v) is 3.02. The minimum atomic E-state index is -0.276. The van der Waals surface area contributed by atoms with Crippen molar-refractivity contribution >= 4 is 29.6 Å². The molecule has 168 valence electrons. The minimum Gasteiger partial charge on any atom is -0.400 e. The predicted octanol–water partition coefficient (Wildman–Crippen LogP) is 0.208. The molecule has 2 aromatic carbocycles. The molecule has 0 aliphatic carbocycles. The number of carbonyl (C=O) groups excluding carboxylic acids is 2. The zero-order valence-corrected chi connectivity index (χ0v) is 18.3. The molecule has 0 heterocycles. The average molecular weight is 447 g/mol. The van der Waals surface area contributed by atoms with Crippen LogP contribution in [0.1, 0.15) is 22.3 Å². The summed E-state index contributed by atoms with van der Waals surface area (Å²) in [5.74, 6) is 0.194. The average Bonchev–Trinajstić information content (AvgIpc) is 2.81. The fraction of sp³-hybridized carbons (Fsp3) is 0.286. The molecule has 0 aliphatic rings. The molecule has 0 radical (unpaired) electrons. The first-order chi connectivity index (χ1) is 15.0. The Morgan fingerprint density at radius 1 is 0.903 bits per heavy atom. The summed E-state index contributed by atoms with van der Waals surface area (Å²) in [6.45, 7) is 0.887. The molecule has 0 saturated heterocycles. The van der Waals surface area contributed by atoms with Crippen LogP contribution in [0, 0.1) is 5.41 Å². The smallest absolute Gasteiger partial charge is 0.239 e. The molecule has 2 rings (SSSR count). The van der Waals surface area contributed by atoms with Crippen molar-refractivity contribution < 1.29 is 14.7 Å². The number of aliphatic hydroxyl groups excluding tert-OH is 1. The van der Waals surface area contributed by atoms with Crippen LogP contribution in [0.15, 0.2) is 48.5 Å². The van der Waals surface area contributed by atoms with Crippen molar-refractivity contribution in [3.63, 3.8) is 0 Å². The van der Waals surface area contributed by atoms with Crippen LogP contribution in [-0.4, -0.2) is 43.0 Å². The first-order valence-electron chi connectivity index (χ1n) is 9.52. The normalized spacial score (nSPS) is 9.90. The molecular weight excluding hydrogens is 416 g/mol. The van der Waals surface area contributed by atoms with Gasteiger partial charge in [-0.2, -0.15) is 0 Å². The van der Waals surface area contributed by atoms with Crippen LogP contribution >= 0.6 is 11.9 Å². The highest BCUT2D eigenvalue weighted by Gasteiger charge is 2.06. The highest BCUT2D eigenvalue weighted by molar-refractivity contribution is 7.96. The number of nitrogens with two attached hydrogens (primary N) is 2. The van der Waals surface area contributed by atoms with Gasteiger partial charge in [-0.1, -0.05) is 60.5 Å². The molecule has 0 spiro atoms. The standard InChI is InChI=1S/C20H26N6O2S.CH4O/c21-9-14-1-3-16(4-2-14)13-29-26-12-19(28)25-11-18(27)24-10-15-5-7-17(8-6-15)20(22)23;1-2/h1-8,26H,9-13,21H2,(H3,22,23)(H,24,27)(H,25,28);2H,1H3. The van der Waals surface area contributed by atoms with Crippen LogP contribution in [0.3, 0.4) is 0 Å². The van der Waals surface area contributed by atoms with Gasteiger partial charge >= 0.3 is 0 Å². The predicted molar refractivity (Wildman–Crippen MR) is 124 cm³/mol. The Morgan fingerprint density at radius 2 is 1.45 bits per heavy atom. The van der Waals surface area contributed by atoms with Gasteiger partial charge in [-0.25, -0.2) is 0 Å². The highest BCUT2D eigenvalue weighted by atomic mass is 32.2. The number of aliphatic hydroxyl groups is 1. The molecule has 0 bridgehead atoms. The maximum atomic E-state index is 11.8. The number of nitrogen functional groups attached to an aromatic ring is 1. The van der Waals surface area contributed by atoms with Crippen molar-refractivity contribution in [1.82, 2.24) is 15.4 Å². The molecule has 2 aromatic rings. The van der Waals surface area contributed by atoms with Crippen molar-refractivity contribution in [3.8, 4) is 0 Å². The third kappa shape index (κ3) is 10.6. The summed E-state index contributed by atoms with van der Waals surface area (Å²) in [7, 11) is 1.00. The Bertz CT molecular complexity index is 828. The summed E-state index contributed by atoms with van der Waals surface area (Å²) in [5.41, 5.74) is 14.7. The van der Waals surface area contributed by atoms with Crippen molar-refractivity contribution in [3.05, 3.63) is 70.8 Å². The topological polar surface area (TPSA) is 166 Å². The summed E-state index contributed by atoms with van der Waals surface area (Å²) in [4.78, 5) is 23.7. The highest BCUT2D eigenvalue weighted by Crippen LogP contribution is 2.10. The second-order valence-corrected chi connectivity index (χ2v) is 7.16. The van der Waals surface area contributed by atoms with Gasteiger partial charge in [0, 0.05) is 31.5 Å². The Kier molecular flexibility index (Phi) is 12.6. The van der Waals surface area contributed by atoms with Gasteiger partial charge in [-0.05, 0) is 16.7 Å². The van der Waals surface area contributed by atoms with Crippen molar-refractivity contribution in [2.45, 2.75) is 18.8 Å². The zero-order chi connectivity index (χ0) is 23.1. The number of benzene rings is 2. The summed E-state index contributed by atoms with van der Waals surface area (Å²) < 4.78 is 2.98. The van der Waals surface area contributed by atoms with Gasteiger partial charge in [0.15, 0.2) is 0 Å². The van der Waals surface area contributed by atoms with E-state index in [0.29, 0.717) is 18.7 Å². The van der Waals surface area contributed by atoms with E-state index in [9.17, 15) is 9.59 Å². The number of hydrogen-bond donors (Lipinski definition) is 7. The monoisotopic (exact) mass is 446 g/mol. The summed E-state index contributed by atoms with van der Waals surface area (Å²) in [6, 6.07) is 15.0. The van der Waals surface area contributed by atoms with Crippen LogP contribution in [0.5, 0.6) is 0 Å². The van der Waals surface area contributed by atoms with Gasteiger partial charge in [-0.3, -0.25) is 19.7 Å². The first kappa shape index (κ1) is 26.1. The Labute approximate surface area is 186 Å². The van der Waals surface area contributed by atoms with Gasteiger partial charge in [0.25, 0.3) is 0 Å². The van der Waals surface area contributed by atoms with E-state index in [2.05, 4.69) is 15.4 Å². The maximum absolute atomic E-state index is 11.8. The number of amidine groups is 1. The molecule has 0 unspecified atom stereocenters. The number of hydrogen-bond acceptors (Lipinski definition) is 7. The van der Waals surface area contributed by atoms with Crippen LogP contribution in [-0.2, 0) is 28.4 Å². The van der Waals surface area contributed by atoms with Crippen molar-refractivity contribution in [2.24, 2.45) is 11.5 Å². The third-order valence-electron chi connectivity index (χ3n) is 4.03. The van der Waals surface area contributed by atoms with Crippen molar-refractivity contribution in [2.75, 3.05) is 20.2 Å². The maximum Gasteiger partial charge on any atom is 0.239 e. The lowest BCUT2D eigenvalue weighted by Crippen LogP contribution is -2.39. The number of carbonyl (C=O) groups is 2. The van der Waals surface area contributed by atoms with Gasteiger partial charge in [0.05, 0.1) is 13.1 Å². The van der Waals surface area contributed by atoms with Crippen LogP contribution in [0.2, 0.25) is 0 Å². The zero-order valence-electron chi connectivity index (χ0n) is 17.5. The minimum absolute atomic E-state index is 0.000396. The Morgan fingerprint density at radius 3 is 2.03 bits per heavy atom. The van der Waals surface area contributed by atoms with E-state index in [4.69, 9.17) is 22.0 Å². The Balaban J connectivity index is 0.00000233. The van der Waals surface area contributed by atoms with Gasteiger partial charge < -0.3 is 27.2 Å². The van der Waals surface area contributed by atoms with E-state index in [1.54, 1.807) is 24.3 Å².